The maximum atomic E-state index is 6.15. The minimum Gasteiger partial charge on any atom is -0.372 e. The summed E-state index contributed by atoms with van der Waals surface area (Å²) in [6, 6.07) is 2.06. The summed E-state index contributed by atoms with van der Waals surface area (Å²) in [5, 5.41) is 7.38. The molecule has 2 N–H and O–H groups in total. The summed E-state index contributed by atoms with van der Waals surface area (Å²) in [4.78, 5) is 4.39. The fourth-order valence-electron chi connectivity index (χ4n) is 1.88. The molecule has 1 heterocycles. The maximum Gasteiger partial charge on any atom is 0.147 e. The van der Waals surface area contributed by atoms with Gasteiger partial charge in [-0.2, -0.15) is 0 Å². The second kappa shape index (κ2) is 7.81. The van der Waals surface area contributed by atoms with E-state index in [9.17, 15) is 0 Å². The molecule has 1 rings (SSSR count). The Balaban J connectivity index is 2.60. The van der Waals surface area contributed by atoms with Gasteiger partial charge in [0.2, 0.25) is 0 Å². The third kappa shape index (κ3) is 5.45. The molecule has 0 saturated heterocycles. The van der Waals surface area contributed by atoms with Gasteiger partial charge < -0.3 is 10.6 Å². The highest BCUT2D eigenvalue weighted by Gasteiger charge is 2.11. The Morgan fingerprint density at radius 3 is 2.32 bits per heavy atom. The van der Waals surface area contributed by atoms with Crippen LogP contribution in [0.4, 0.5) is 11.6 Å². The van der Waals surface area contributed by atoms with Crippen molar-refractivity contribution in [2.75, 3.05) is 17.7 Å². The number of aromatic nitrogens is 1. The van der Waals surface area contributed by atoms with E-state index >= 15 is 0 Å². The normalized spacial score (nSPS) is 12.6. The molecular formula is C14H23Cl2N3. The van der Waals surface area contributed by atoms with Crippen LogP contribution in [-0.4, -0.2) is 18.1 Å². The molecule has 0 aliphatic rings. The van der Waals surface area contributed by atoms with Gasteiger partial charge in [0.25, 0.3) is 0 Å². The first-order chi connectivity index (χ1) is 8.93. The van der Waals surface area contributed by atoms with Crippen molar-refractivity contribution in [3.05, 3.63) is 16.1 Å². The first-order valence-corrected chi connectivity index (χ1v) is 7.50. The van der Waals surface area contributed by atoms with Gasteiger partial charge in [0.05, 0.1) is 10.0 Å². The van der Waals surface area contributed by atoms with Crippen LogP contribution in [0.25, 0.3) is 0 Å². The number of nitrogens with zero attached hydrogens (tertiary/aromatic N) is 1. The third-order valence-electron chi connectivity index (χ3n) is 2.97. The first-order valence-electron chi connectivity index (χ1n) is 6.74. The molecule has 0 aliphatic heterocycles. The van der Waals surface area contributed by atoms with Gasteiger partial charge in [-0.15, -0.1) is 0 Å². The van der Waals surface area contributed by atoms with Crippen LogP contribution in [0.15, 0.2) is 6.07 Å². The minimum atomic E-state index is 0.342. The van der Waals surface area contributed by atoms with E-state index in [0.29, 0.717) is 27.7 Å². The molecule has 0 aromatic carbocycles. The zero-order valence-electron chi connectivity index (χ0n) is 12.1. The lowest BCUT2D eigenvalue weighted by Gasteiger charge is -2.17. The summed E-state index contributed by atoms with van der Waals surface area (Å²) in [6.07, 6.45) is 3.55. The smallest absolute Gasteiger partial charge is 0.147 e. The van der Waals surface area contributed by atoms with Crippen molar-refractivity contribution in [2.24, 2.45) is 5.92 Å². The molecule has 0 spiro atoms. The molecule has 0 saturated carbocycles. The third-order valence-corrected chi connectivity index (χ3v) is 3.54. The summed E-state index contributed by atoms with van der Waals surface area (Å²) in [5.74, 6) is 2.08. The molecule has 0 bridgehead atoms. The Bertz CT molecular complexity index is 408. The number of hydrogen-bond acceptors (Lipinski definition) is 3. The second-order valence-corrected chi connectivity index (χ2v) is 6.08. The number of halogens is 2. The van der Waals surface area contributed by atoms with E-state index in [4.69, 9.17) is 23.2 Å². The van der Waals surface area contributed by atoms with Crippen LogP contribution in [0.3, 0.4) is 0 Å². The highest BCUT2D eigenvalue weighted by Crippen LogP contribution is 2.29. The van der Waals surface area contributed by atoms with Crippen molar-refractivity contribution in [2.45, 2.75) is 46.1 Å². The lowest BCUT2D eigenvalue weighted by molar-refractivity contribution is 0.520. The Labute approximate surface area is 126 Å². The zero-order chi connectivity index (χ0) is 14.4. The van der Waals surface area contributed by atoms with E-state index in [0.717, 1.165) is 12.3 Å². The van der Waals surface area contributed by atoms with E-state index < -0.39 is 0 Å². The zero-order valence-corrected chi connectivity index (χ0v) is 13.6. The molecule has 19 heavy (non-hydrogen) atoms. The molecule has 0 radical (unpaired) electrons. The average Bonchev–Trinajstić information content (AvgIpc) is 2.32. The molecule has 0 aliphatic carbocycles. The summed E-state index contributed by atoms with van der Waals surface area (Å²) in [7, 11) is 1.79. The summed E-state index contributed by atoms with van der Waals surface area (Å²) in [5.41, 5.74) is 0. The Hall–Kier alpha value is -0.670. The van der Waals surface area contributed by atoms with Crippen LogP contribution >= 0.6 is 23.2 Å². The average molecular weight is 304 g/mol. The number of hydrogen-bond donors (Lipinski definition) is 2. The van der Waals surface area contributed by atoms with Gasteiger partial charge in [0, 0.05) is 13.1 Å². The standard InChI is InChI=1S/C14H23Cl2N3/c1-9(2)6-5-7-10(3)18-14-12(16)8-11(15)13(17-4)19-14/h8-10H,5-7H2,1-4H3,(H2,17,18,19). The number of pyridine rings is 1. The molecule has 1 unspecified atom stereocenters. The fraction of sp³-hybridized carbons (Fsp3) is 0.643. The predicted octanol–water partition coefficient (Wildman–Crippen LogP) is 5.06. The van der Waals surface area contributed by atoms with Crippen LogP contribution in [0.5, 0.6) is 0 Å². The van der Waals surface area contributed by atoms with Gasteiger partial charge in [-0.05, 0) is 25.3 Å². The summed E-state index contributed by atoms with van der Waals surface area (Å²) >= 11 is 12.2. The van der Waals surface area contributed by atoms with E-state index in [2.05, 4.69) is 36.4 Å². The topological polar surface area (TPSA) is 37.0 Å². The van der Waals surface area contributed by atoms with Crippen LogP contribution in [0.1, 0.15) is 40.0 Å². The highest BCUT2D eigenvalue weighted by molar-refractivity contribution is 6.37. The Morgan fingerprint density at radius 1 is 1.11 bits per heavy atom. The van der Waals surface area contributed by atoms with E-state index in [1.807, 2.05) is 0 Å². The van der Waals surface area contributed by atoms with E-state index in [1.165, 1.54) is 12.8 Å². The SMILES string of the molecule is CNc1nc(NC(C)CCCC(C)C)c(Cl)cc1Cl. The summed E-state index contributed by atoms with van der Waals surface area (Å²) in [6.45, 7) is 6.63. The highest BCUT2D eigenvalue weighted by atomic mass is 35.5. The van der Waals surface area contributed by atoms with Crippen LogP contribution in [0.2, 0.25) is 10.0 Å². The molecule has 5 heteroatoms. The van der Waals surface area contributed by atoms with Crippen LogP contribution in [0, 0.1) is 5.92 Å². The molecule has 0 fully saturated rings. The second-order valence-electron chi connectivity index (χ2n) is 5.27. The molecule has 0 amide bonds. The van der Waals surface area contributed by atoms with E-state index in [-0.39, 0.29) is 0 Å². The van der Waals surface area contributed by atoms with Crippen molar-refractivity contribution in [1.29, 1.82) is 0 Å². The van der Waals surface area contributed by atoms with Crippen molar-refractivity contribution >= 4 is 34.8 Å². The van der Waals surface area contributed by atoms with Gasteiger partial charge in [-0.3, -0.25) is 0 Å². The van der Waals surface area contributed by atoms with Crippen molar-refractivity contribution in [1.82, 2.24) is 4.98 Å². The van der Waals surface area contributed by atoms with E-state index in [1.54, 1.807) is 13.1 Å². The van der Waals surface area contributed by atoms with Gasteiger partial charge in [0.15, 0.2) is 0 Å². The summed E-state index contributed by atoms with van der Waals surface area (Å²) < 4.78 is 0. The molecule has 1 atom stereocenters. The first kappa shape index (κ1) is 16.4. The maximum absolute atomic E-state index is 6.15. The molecular weight excluding hydrogens is 281 g/mol. The van der Waals surface area contributed by atoms with Crippen LogP contribution < -0.4 is 10.6 Å². The number of anilines is 2. The quantitative estimate of drug-likeness (QED) is 0.739. The largest absolute Gasteiger partial charge is 0.372 e. The van der Waals surface area contributed by atoms with Crippen molar-refractivity contribution in [3.8, 4) is 0 Å². The number of rotatable bonds is 7. The Kier molecular flexibility index (Phi) is 6.73. The molecule has 1 aromatic heterocycles. The lowest BCUT2D eigenvalue weighted by atomic mass is 10.0. The molecule has 3 nitrogen and oxygen atoms in total. The molecule has 1 aromatic rings. The van der Waals surface area contributed by atoms with Gasteiger partial charge in [-0.1, -0.05) is 49.9 Å². The van der Waals surface area contributed by atoms with Crippen LogP contribution in [-0.2, 0) is 0 Å². The minimum absolute atomic E-state index is 0.342. The predicted molar refractivity (Wildman–Crippen MR) is 85.6 cm³/mol. The van der Waals surface area contributed by atoms with Gasteiger partial charge in [-0.25, -0.2) is 4.98 Å². The number of nitrogens with one attached hydrogen (secondary N) is 2. The molecule has 108 valence electrons. The van der Waals surface area contributed by atoms with Gasteiger partial charge >= 0.3 is 0 Å². The fourth-order valence-corrected chi connectivity index (χ4v) is 2.39. The van der Waals surface area contributed by atoms with Gasteiger partial charge in [0.1, 0.15) is 11.6 Å². The lowest BCUT2D eigenvalue weighted by Crippen LogP contribution is -2.17. The monoisotopic (exact) mass is 303 g/mol. The Morgan fingerprint density at radius 2 is 1.74 bits per heavy atom. The van der Waals surface area contributed by atoms with Crippen molar-refractivity contribution < 1.29 is 0 Å². The van der Waals surface area contributed by atoms with Crippen molar-refractivity contribution in [3.63, 3.8) is 0 Å².